The number of aliphatic hydroxyl groups is 2. The molecule has 1 aromatic rings. The summed E-state index contributed by atoms with van der Waals surface area (Å²) in [4.78, 5) is 26.2. The summed E-state index contributed by atoms with van der Waals surface area (Å²) in [7, 11) is 1.47. The van der Waals surface area contributed by atoms with E-state index in [1.54, 1.807) is 31.2 Å². The fraction of sp³-hybridized carbons (Fsp3) is 0.600. The molecule has 1 saturated heterocycles. The van der Waals surface area contributed by atoms with Crippen LogP contribution in [0, 0.1) is 29.6 Å². The van der Waals surface area contributed by atoms with Gasteiger partial charge in [-0.25, -0.2) is 9.59 Å². The van der Waals surface area contributed by atoms with Crippen molar-refractivity contribution in [2.75, 3.05) is 7.11 Å². The summed E-state index contributed by atoms with van der Waals surface area (Å²) < 4.78 is 24.1. The Morgan fingerprint density at radius 2 is 1.84 bits per heavy atom. The van der Waals surface area contributed by atoms with Crippen molar-refractivity contribution in [3.05, 3.63) is 59.7 Å². The van der Waals surface area contributed by atoms with Crippen molar-refractivity contribution in [3.8, 4) is 0 Å². The predicted molar refractivity (Wildman–Crippen MR) is 138 cm³/mol. The quantitative estimate of drug-likeness (QED) is 0.455. The van der Waals surface area contributed by atoms with Gasteiger partial charge in [0.2, 0.25) is 0 Å². The molecule has 2 N–H and O–H groups in total. The maximum absolute atomic E-state index is 13.4. The monoisotopic (exact) mass is 526 g/mol. The number of carbonyl (C=O) groups is 2. The van der Waals surface area contributed by atoms with Crippen molar-refractivity contribution in [1.82, 2.24) is 0 Å². The minimum atomic E-state index is -0.910. The molecule has 206 valence electrons. The smallest absolute Gasteiger partial charge is 0.338 e. The van der Waals surface area contributed by atoms with Gasteiger partial charge in [-0.3, -0.25) is 0 Å². The van der Waals surface area contributed by atoms with Crippen LogP contribution in [0.1, 0.15) is 44.5 Å². The second-order valence-electron chi connectivity index (χ2n) is 11.4. The van der Waals surface area contributed by atoms with Gasteiger partial charge in [0.15, 0.2) is 6.10 Å². The Bertz CT molecular complexity index is 1110. The summed E-state index contributed by atoms with van der Waals surface area (Å²) >= 11 is 0. The Labute approximate surface area is 223 Å². The largest absolute Gasteiger partial charge is 0.456 e. The highest BCUT2D eigenvalue weighted by Crippen LogP contribution is 2.60. The molecule has 10 unspecified atom stereocenters. The van der Waals surface area contributed by atoms with E-state index in [2.05, 4.69) is 0 Å². The first-order valence-electron chi connectivity index (χ1n) is 13.5. The van der Waals surface area contributed by atoms with Gasteiger partial charge >= 0.3 is 11.9 Å². The summed E-state index contributed by atoms with van der Waals surface area (Å²) in [5, 5.41) is 22.4. The Morgan fingerprint density at radius 3 is 2.53 bits per heavy atom. The minimum Gasteiger partial charge on any atom is -0.456 e. The van der Waals surface area contributed by atoms with Crippen LogP contribution in [-0.2, 0) is 23.7 Å². The first-order valence-corrected chi connectivity index (χ1v) is 13.5. The average molecular weight is 527 g/mol. The van der Waals surface area contributed by atoms with Crippen LogP contribution in [-0.4, -0.2) is 71.5 Å². The molecule has 1 spiro atoms. The van der Waals surface area contributed by atoms with Crippen LogP contribution < -0.4 is 0 Å². The topological polar surface area (TPSA) is 112 Å². The number of esters is 2. The number of rotatable bonds is 4. The molecule has 2 aliphatic carbocycles. The summed E-state index contributed by atoms with van der Waals surface area (Å²) in [6, 6.07) is 8.68. The molecule has 8 nitrogen and oxygen atoms in total. The zero-order valence-corrected chi connectivity index (χ0v) is 22.5. The molecule has 0 radical (unpaired) electrons. The lowest BCUT2D eigenvalue weighted by Gasteiger charge is -2.48. The Kier molecular flexibility index (Phi) is 7.28. The lowest BCUT2D eigenvalue weighted by atomic mass is 9.57. The highest BCUT2D eigenvalue weighted by atomic mass is 16.6. The number of hydrogen-bond acceptors (Lipinski definition) is 8. The van der Waals surface area contributed by atoms with Gasteiger partial charge < -0.3 is 29.2 Å². The Balaban J connectivity index is 1.53. The lowest BCUT2D eigenvalue weighted by molar-refractivity contribution is -0.172. The molecule has 0 aromatic heterocycles. The van der Waals surface area contributed by atoms with E-state index in [0.29, 0.717) is 5.56 Å². The maximum Gasteiger partial charge on any atom is 0.338 e. The van der Waals surface area contributed by atoms with Gasteiger partial charge in [-0.2, -0.15) is 0 Å². The third-order valence-electron chi connectivity index (χ3n) is 9.20. The summed E-state index contributed by atoms with van der Waals surface area (Å²) in [5.74, 6) is -2.42. The Morgan fingerprint density at radius 1 is 1.13 bits per heavy atom. The molecule has 4 aliphatic rings. The zero-order valence-electron chi connectivity index (χ0n) is 22.5. The van der Waals surface area contributed by atoms with Gasteiger partial charge in [0.25, 0.3) is 0 Å². The van der Waals surface area contributed by atoms with E-state index in [-0.39, 0.29) is 36.0 Å². The third kappa shape index (κ3) is 4.22. The number of aliphatic hydroxyl groups excluding tert-OH is 2. The minimum absolute atomic E-state index is 0.136. The maximum atomic E-state index is 13.4. The predicted octanol–water partition coefficient (Wildman–Crippen LogP) is 3.07. The van der Waals surface area contributed by atoms with E-state index in [0.717, 1.165) is 5.57 Å². The van der Waals surface area contributed by atoms with Gasteiger partial charge in [-0.1, -0.05) is 50.3 Å². The molecule has 12 atom stereocenters. The standard InChI is InChI=1S/C30H38O8/c1-15-13-16(2)30-20(11-12-21-23(30)24(31)17(3)25(32)27(21)38-30)14-22(35-5)29(34)37-26(15)18(4)36-28(33)19-9-7-6-8-10-19/h6-13,15,17-18,20-27,31-32H,14H2,1-5H3/b16-13+/t15?,17?,18?,20?,21?,22?,23?,24?,25?,26?,27-,30-/m0/s1. The van der Waals surface area contributed by atoms with Crippen LogP contribution >= 0.6 is 0 Å². The first-order chi connectivity index (χ1) is 18.1. The Hall–Kier alpha value is -2.52. The number of hydrogen-bond donors (Lipinski definition) is 2. The van der Waals surface area contributed by atoms with E-state index >= 15 is 0 Å². The molecule has 8 heteroatoms. The van der Waals surface area contributed by atoms with Crippen molar-refractivity contribution in [3.63, 3.8) is 0 Å². The zero-order chi connectivity index (χ0) is 27.4. The van der Waals surface area contributed by atoms with Crippen LogP contribution in [0.4, 0.5) is 0 Å². The van der Waals surface area contributed by atoms with Gasteiger partial charge in [0.1, 0.15) is 17.8 Å². The number of ether oxygens (including phenoxy) is 4. The highest BCUT2D eigenvalue weighted by molar-refractivity contribution is 5.89. The van der Waals surface area contributed by atoms with Crippen molar-refractivity contribution in [1.29, 1.82) is 0 Å². The summed E-state index contributed by atoms with van der Waals surface area (Å²) in [6.07, 6.45) is 1.91. The second-order valence-corrected chi connectivity index (χ2v) is 11.4. The van der Waals surface area contributed by atoms with Crippen molar-refractivity contribution in [2.45, 2.75) is 76.3 Å². The molecule has 2 aliphatic heterocycles. The molecule has 2 fully saturated rings. The van der Waals surface area contributed by atoms with Crippen molar-refractivity contribution >= 4 is 11.9 Å². The van der Waals surface area contributed by atoms with Crippen LogP contribution in [0.25, 0.3) is 0 Å². The number of cyclic esters (lactones) is 1. The van der Waals surface area contributed by atoms with E-state index in [1.165, 1.54) is 7.11 Å². The number of benzene rings is 1. The van der Waals surface area contributed by atoms with Gasteiger partial charge in [0, 0.05) is 36.7 Å². The van der Waals surface area contributed by atoms with Crippen LogP contribution in [0.5, 0.6) is 0 Å². The molecule has 38 heavy (non-hydrogen) atoms. The van der Waals surface area contributed by atoms with E-state index in [1.807, 2.05) is 45.1 Å². The van der Waals surface area contributed by atoms with Crippen LogP contribution in [0.15, 0.2) is 54.1 Å². The van der Waals surface area contributed by atoms with Gasteiger partial charge in [-0.05, 0) is 38.0 Å². The molecule has 0 amide bonds. The van der Waals surface area contributed by atoms with E-state index in [4.69, 9.17) is 18.9 Å². The molecular formula is C30H38O8. The first kappa shape index (κ1) is 27.1. The molecule has 1 aromatic carbocycles. The van der Waals surface area contributed by atoms with Crippen LogP contribution in [0.2, 0.25) is 0 Å². The van der Waals surface area contributed by atoms with Gasteiger partial charge in [-0.15, -0.1) is 0 Å². The molecule has 4 bridgehead atoms. The SMILES string of the molecule is COC1CC2C=CC3C4C(O)C(C)C(O)[C@H]3O[C@@]24/C(C)=C/C(C)C(C(C)OC(=O)c2ccccc2)OC1=O. The van der Waals surface area contributed by atoms with Crippen molar-refractivity contribution in [2.24, 2.45) is 29.6 Å². The fourth-order valence-electron chi connectivity index (χ4n) is 7.21. The van der Waals surface area contributed by atoms with Gasteiger partial charge in [0.05, 0.1) is 23.9 Å². The normalized spacial score (nSPS) is 44.3. The number of methoxy groups -OCH3 is 1. The molecule has 5 rings (SSSR count). The van der Waals surface area contributed by atoms with Crippen LogP contribution in [0.3, 0.4) is 0 Å². The second kappa shape index (κ2) is 10.2. The lowest BCUT2D eigenvalue weighted by Crippen LogP contribution is -2.56. The molecular weight excluding hydrogens is 488 g/mol. The van der Waals surface area contributed by atoms with Crippen molar-refractivity contribution < 1.29 is 38.7 Å². The molecule has 2 heterocycles. The summed E-state index contributed by atoms with van der Waals surface area (Å²) in [5.41, 5.74) is 0.401. The highest BCUT2D eigenvalue weighted by Gasteiger charge is 2.68. The fourth-order valence-corrected chi connectivity index (χ4v) is 7.21. The summed E-state index contributed by atoms with van der Waals surface area (Å²) in [6.45, 7) is 7.46. The van der Waals surface area contributed by atoms with E-state index < -0.39 is 54.2 Å². The third-order valence-corrected chi connectivity index (χ3v) is 9.20. The van der Waals surface area contributed by atoms with E-state index in [9.17, 15) is 19.8 Å². The average Bonchev–Trinajstić information content (AvgIpc) is 3.11. The number of carbonyl (C=O) groups excluding carboxylic acids is 2. The molecule has 1 saturated carbocycles.